The molecule has 0 bridgehead atoms. The van der Waals surface area contributed by atoms with Crippen LogP contribution in [0.5, 0.6) is 0 Å². The van der Waals surface area contributed by atoms with Crippen molar-refractivity contribution in [1.82, 2.24) is 10.2 Å². The Balaban J connectivity index is 1.91. The highest BCUT2D eigenvalue weighted by molar-refractivity contribution is 5.46. The summed E-state index contributed by atoms with van der Waals surface area (Å²) in [6.45, 7) is 7.74. The second kappa shape index (κ2) is 6.03. The number of rotatable bonds is 4. The lowest BCUT2D eigenvalue weighted by atomic mass is 10.1. The number of piperazine rings is 1. The van der Waals surface area contributed by atoms with Crippen LogP contribution in [-0.4, -0.2) is 44.8 Å². The summed E-state index contributed by atoms with van der Waals surface area (Å²) in [6.07, 6.45) is 1.11. The Morgan fingerprint density at radius 2 is 1.82 bits per heavy atom. The third-order valence-electron chi connectivity index (χ3n) is 3.41. The fourth-order valence-corrected chi connectivity index (χ4v) is 2.22. The van der Waals surface area contributed by atoms with Gasteiger partial charge in [0.15, 0.2) is 0 Å². The van der Waals surface area contributed by atoms with E-state index >= 15 is 0 Å². The predicted octanol–water partition coefficient (Wildman–Crippen LogP) is 1.55. The molecule has 1 aliphatic heterocycles. The topological polar surface area (TPSA) is 18.5 Å². The summed E-state index contributed by atoms with van der Waals surface area (Å²) >= 11 is 0. The molecule has 0 radical (unpaired) electrons. The maximum Gasteiger partial charge on any atom is 0.0704 e. The summed E-state index contributed by atoms with van der Waals surface area (Å²) in [7, 11) is 2.17. The molecule has 0 amide bonds. The molecule has 17 heavy (non-hydrogen) atoms. The number of aryl methyl sites for hydroxylation is 1. The average molecular weight is 233 g/mol. The molecule has 3 nitrogen and oxygen atoms in total. The van der Waals surface area contributed by atoms with E-state index in [-0.39, 0.29) is 0 Å². The number of nitrogens with zero attached hydrogens (tertiary/aromatic N) is 2. The van der Waals surface area contributed by atoms with Crippen molar-refractivity contribution in [2.75, 3.05) is 44.8 Å². The van der Waals surface area contributed by atoms with E-state index in [1.165, 1.54) is 11.3 Å². The van der Waals surface area contributed by atoms with E-state index < -0.39 is 0 Å². The van der Waals surface area contributed by atoms with Crippen LogP contribution in [0.1, 0.15) is 12.5 Å². The normalized spacial score (nSPS) is 17.1. The van der Waals surface area contributed by atoms with E-state index in [0.717, 1.165) is 39.3 Å². The molecule has 0 aliphatic carbocycles. The zero-order valence-corrected chi connectivity index (χ0v) is 10.9. The van der Waals surface area contributed by atoms with E-state index in [1.54, 1.807) is 0 Å². The number of hydrogen-bond donors (Lipinski definition) is 1. The molecule has 1 N–H and O–H groups in total. The SMILES string of the molecule is CCc1ccc(N(C)CN2CCNCC2)cc1. The molecule has 0 atom stereocenters. The molecule has 1 aromatic rings. The minimum atomic E-state index is 1.02. The van der Waals surface area contributed by atoms with Gasteiger partial charge in [-0.2, -0.15) is 0 Å². The van der Waals surface area contributed by atoms with Crippen molar-refractivity contribution in [2.45, 2.75) is 13.3 Å². The van der Waals surface area contributed by atoms with Gasteiger partial charge in [-0.1, -0.05) is 19.1 Å². The minimum Gasteiger partial charge on any atom is -0.362 e. The Morgan fingerprint density at radius 1 is 1.18 bits per heavy atom. The van der Waals surface area contributed by atoms with Gasteiger partial charge in [-0.15, -0.1) is 0 Å². The number of anilines is 1. The van der Waals surface area contributed by atoms with E-state index in [2.05, 4.69) is 53.4 Å². The fourth-order valence-electron chi connectivity index (χ4n) is 2.22. The summed E-state index contributed by atoms with van der Waals surface area (Å²) in [5.41, 5.74) is 2.71. The molecule has 1 saturated heterocycles. The van der Waals surface area contributed by atoms with Crippen LogP contribution in [0.25, 0.3) is 0 Å². The van der Waals surface area contributed by atoms with E-state index in [9.17, 15) is 0 Å². The summed E-state index contributed by atoms with van der Waals surface area (Å²) in [5, 5.41) is 3.38. The summed E-state index contributed by atoms with van der Waals surface area (Å²) in [4.78, 5) is 4.81. The molecular formula is C14H23N3. The first-order valence-electron chi connectivity index (χ1n) is 6.52. The Labute approximate surface area is 104 Å². The Kier molecular flexibility index (Phi) is 4.40. The second-order valence-electron chi connectivity index (χ2n) is 4.73. The van der Waals surface area contributed by atoms with Crippen molar-refractivity contribution in [1.29, 1.82) is 0 Å². The van der Waals surface area contributed by atoms with Gasteiger partial charge in [0.1, 0.15) is 0 Å². The Morgan fingerprint density at radius 3 is 2.41 bits per heavy atom. The van der Waals surface area contributed by atoms with Crippen molar-refractivity contribution in [3.8, 4) is 0 Å². The standard InChI is InChI=1S/C14H23N3/c1-3-13-4-6-14(7-5-13)16(2)12-17-10-8-15-9-11-17/h4-7,15H,3,8-12H2,1-2H3. The highest BCUT2D eigenvalue weighted by Gasteiger charge is 2.11. The first-order valence-corrected chi connectivity index (χ1v) is 6.52. The molecular weight excluding hydrogens is 210 g/mol. The molecule has 1 aliphatic rings. The second-order valence-corrected chi connectivity index (χ2v) is 4.73. The van der Waals surface area contributed by atoms with Crippen LogP contribution >= 0.6 is 0 Å². The first kappa shape index (κ1) is 12.4. The third kappa shape index (κ3) is 3.45. The number of benzene rings is 1. The zero-order valence-electron chi connectivity index (χ0n) is 10.9. The molecule has 0 spiro atoms. The van der Waals surface area contributed by atoms with Gasteiger partial charge in [0.2, 0.25) is 0 Å². The smallest absolute Gasteiger partial charge is 0.0704 e. The first-order chi connectivity index (χ1) is 8.29. The Hall–Kier alpha value is -1.06. The largest absolute Gasteiger partial charge is 0.362 e. The van der Waals surface area contributed by atoms with Crippen LogP contribution in [0.3, 0.4) is 0 Å². The zero-order chi connectivity index (χ0) is 12.1. The molecule has 0 saturated carbocycles. The van der Waals surface area contributed by atoms with Crippen molar-refractivity contribution in [3.63, 3.8) is 0 Å². The van der Waals surface area contributed by atoms with Gasteiger partial charge in [-0.05, 0) is 24.1 Å². The van der Waals surface area contributed by atoms with E-state index in [1.807, 2.05) is 0 Å². The van der Waals surface area contributed by atoms with Crippen molar-refractivity contribution in [2.24, 2.45) is 0 Å². The minimum absolute atomic E-state index is 1.02. The monoisotopic (exact) mass is 233 g/mol. The molecule has 1 fully saturated rings. The predicted molar refractivity (Wildman–Crippen MR) is 73.5 cm³/mol. The average Bonchev–Trinajstić information content (AvgIpc) is 2.40. The molecule has 0 unspecified atom stereocenters. The van der Waals surface area contributed by atoms with Gasteiger partial charge < -0.3 is 10.2 Å². The maximum absolute atomic E-state index is 3.38. The van der Waals surface area contributed by atoms with Crippen LogP contribution in [0, 0.1) is 0 Å². The quantitative estimate of drug-likeness (QED) is 0.851. The van der Waals surface area contributed by atoms with Crippen LogP contribution in [0.2, 0.25) is 0 Å². The van der Waals surface area contributed by atoms with Crippen molar-refractivity contribution in [3.05, 3.63) is 29.8 Å². The maximum atomic E-state index is 3.38. The van der Waals surface area contributed by atoms with E-state index in [4.69, 9.17) is 0 Å². The summed E-state index contributed by atoms with van der Waals surface area (Å²) in [6, 6.07) is 8.90. The molecule has 3 heteroatoms. The Bertz CT molecular complexity index is 328. The molecule has 0 aromatic heterocycles. The van der Waals surface area contributed by atoms with Crippen molar-refractivity contribution >= 4 is 5.69 Å². The lowest BCUT2D eigenvalue weighted by Gasteiger charge is -2.32. The molecule has 94 valence electrons. The lowest BCUT2D eigenvalue weighted by molar-refractivity contribution is 0.243. The molecule has 1 heterocycles. The van der Waals surface area contributed by atoms with Crippen LogP contribution < -0.4 is 10.2 Å². The lowest BCUT2D eigenvalue weighted by Crippen LogP contribution is -2.47. The third-order valence-corrected chi connectivity index (χ3v) is 3.41. The highest BCUT2D eigenvalue weighted by Crippen LogP contribution is 2.14. The summed E-state index contributed by atoms with van der Waals surface area (Å²) < 4.78 is 0. The van der Waals surface area contributed by atoms with Gasteiger partial charge in [0.05, 0.1) is 6.67 Å². The van der Waals surface area contributed by atoms with Gasteiger partial charge in [-0.25, -0.2) is 0 Å². The summed E-state index contributed by atoms with van der Waals surface area (Å²) in [5.74, 6) is 0. The van der Waals surface area contributed by atoms with Crippen LogP contribution in [0.15, 0.2) is 24.3 Å². The van der Waals surface area contributed by atoms with Crippen molar-refractivity contribution < 1.29 is 0 Å². The van der Waals surface area contributed by atoms with Gasteiger partial charge in [0.25, 0.3) is 0 Å². The van der Waals surface area contributed by atoms with Gasteiger partial charge >= 0.3 is 0 Å². The van der Waals surface area contributed by atoms with E-state index in [0.29, 0.717) is 0 Å². The molecule has 2 rings (SSSR count). The fraction of sp³-hybridized carbons (Fsp3) is 0.571. The number of hydrogen-bond acceptors (Lipinski definition) is 3. The van der Waals surface area contributed by atoms with Crippen LogP contribution in [0.4, 0.5) is 5.69 Å². The van der Waals surface area contributed by atoms with Gasteiger partial charge in [0, 0.05) is 38.9 Å². The number of nitrogens with one attached hydrogen (secondary N) is 1. The highest BCUT2D eigenvalue weighted by atomic mass is 15.3. The van der Waals surface area contributed by atoms with Crippen LogP contribution in [-0.2, 0) is 6.42 Å². The van der Waals surface area contributed by atoms with Gasteiger partial charge in [-0.3, -0.25) is 4.90 Å². The molecule has 1 aromatic carbocycles.